The molecule has 1 aliphatic carbocycles. The van der Waals surface area contributed by atoms with E-state index in [1.165, 1.54) is 22.8 Å². The third-order valence-corrected chi connectivity index (χ3v) is 4.30. The molecule has 0 atom stereocenters. The van der Waals surface area contributed by atoms with Gasteiger partial charge in [0.05, 0.1) is 0 Å². The van der Waals surface area contributed by atoms with Crippen LogP contribution in [0.5, 0.6) is 5.75 Å². The van der Waals surface area contributed by atoms with E-state index in [9.17, 15) is 0 Å². The molecule has 0 radical (unpaired) electrons. The van der Waals surface area contributed by atoms with Crippen LogP contribution in [0.1, 0.15) is 46.5 Å². The van der Waals surface area contributed by atoms with E-state index in [1.54, 1.807) is 0 Å². The van der Waals surface area contributed by atoms with Crippen molar-refractivity contribution in [3.05, 3.63) is 27.8 Å². The van der Waals surface area contributed by atoms with E-state index in [0.717, 1.165) is 18.7 Å². The minimum atomic E-state index is 0.0721. The summed E-state index contributed by atoms with van der Waals surface area (Å²) in [5.41, 5.74) is 0.260. The van der Waals surface area contributed by atoms with Crippen molar-refractivity contribution in [2.24, 2.45) is 0 Å². The summed E-state index contributed by atoms with van der Waals surface area (Å²) in [6, 6.07) is 8.36. The first kappa shape index (κ1) is 15.1. The Morgan fingerprint density at radius 1 is 1.32 bits per heavy atom. The predicted molar refractivity (Wildman–Crippen MR) is 88.7 cm³/mol. The van der Waals surface area contributed by atoms with Gasteiger partial charge in [-0.3, -0.25) is 0 Å². The summed E-state index contributed by atoms with van der Waals surface area (Å²) in [5.74, 6) is 1.02. The van der Waals surface area contributed by atoms with Crippen LogP contribution >= 0.6 is 22.6 Å². The third kappa shape index (κ3) is 4.63. The molecule has 1 N–H and O–H groups in total. The fourth-order valence-corrected chi connectivity index (χ4v) is 2.93. The summed E-state index contributed by atoms with van der Waals surface area (Å²) in [7, 11) is 0. The van der Waals surface area contributed by atoms with Crippen molar-refractivity contribution >= 4 is 22.6 Å². The number of rotatable bonds is 5. The van der Waals surface area contributed by atoms with Gasteiger partial charge in [0.25, 0.3) is 0 Å². The SMILES string of the molecule is CC(C)(C)NCCC1(Oc2cccc(I)c2)CCC1. The van der Waals surface area contributed by atoms with Gasteiger partial charge in [-0.2, -0.15) is 0 Å². The largest absolute Gasteiger partial charge is 0.487 e. The molecule has 3 heteroatoms. The van der Waals surface area contributed by atoms with Crippen molar-refractivity contribution in [2.45, 2.75) is 57.6 Å². The summed E-state index contributed by atoms with van der Waals surface area (Å²) in [6.07, 6.45) is 4.75. The molecule has 0 unspecified atom stereocenters. The number of halogens is 1. The smallest absolute Gasteiger partial charge is 0.121 e. The molecule has 0 saturated heterocycles. The number of hydrogen-bond acceptors (Lipinski definition) is 2. The molecule has 1 aliphatic rings. The molecule has 0 heterocycles. The van der Waals surface area contributed by atoms with E-state index in [4.69, 9.17) is 4.74 Å². The van der Waals surface area contributed by atoms with Gasteiger partial charge < -0.3 is 10.1 Å². The van der Waals surface area contributed by atoms with Gasteiger partial charge in [0.15, 0.2) is 0 Å². The quantitative estimate of drug-likeness (QED) is 0.774. The maximum Gasteiger partial charge on any atom is 0.121 e. The highest BCUT2D eigenvalue weighted by Gasteiger charge is 2.39. The van der Waals surface area contributed by atoms with Crippen molar-refractivity contribution < 1.29 is 4.74 Å². The Bertz CT molecular complexity index is 421. The van der Waals surface area contributed by atoms with E-state index >= 15 is 0 Å². The van der Waals surface area contributed by atoms with Crippen LogP contribution in [-0.4, -0.2) is 17.7 Å². The Morgan fingerprint density at radius 3 is 2.58 bits per heavy atom. The van der Waals surface area contributed by atoms with E-state index < -0.39 is 0 Å². The van der Waals surface area contributed by atoms with Gasteiger partial charge in [0.1, 0.15) is 11.4 Å². The molecule has 1 fully saturated rings. The Kier molecular flexibility index (Phi) is 4.77. The molecule has 2 nitrogen and oxygen atoms in total. The molecule has 2 rings (SSSR count). The van der Waals surface area contributed by atoms with Crippen LogP contribution in [0.25, 0.3) is 0 Å². The number of hydrogen-bond donors (Lipinski definition) is 1. The topological polar surface area (TPSA) is 21.3 Å². The fraction of sp³-hybridized carbons (Fsp3) is 0.625. The van der Waals surface area contributed by atoms with E-state index in [0.29, 0.717) is 0 Å². The monoisotopic (exact) mass is 373 g/mol. The molecule has 1 aromatic rings. The first-order chi connectivity index (χ1) is 8.89. The second kappa shape index (κ2) is 6.00. The average molecular weight is 373 g/mol. The average Bonchev–Trinajstić information content (AvgIpc) is 2.24. The molecule has 0 spiro atoms. The van der Waals surface area contributed by atoms with Gasteiger partial charge in [0, 0.05) is 9.11 Å². The molecule has 19 heavy (non-hydrogen) atoms. The molecular weight excluding hydrogens is 349 g/mol. The standard InChI is InChI=1S/C16H24INO/c1-15(2,3)18-11-10-16(8-5-9-16)19-14-7-4-6-13(17)12-14/h4,6-7,12,18H,5,8-11H2,1-3H3. The number of benzene rings is 1. The molecule has 1 aromatic carbocycles. The Balaban J connectivity index is 1.91. The summed E-state index contributed by atoms with van der Waals surface area (Å²) in [4.78, 5) is 0. The number of nitrogens with one attached hydrogen (secondary N) is 1. The zero-order valence-electron chi connectivity index (χ0n) is 12.1. The van der Waals surface area contributed by atoms with Crippen LogP contribution in [0.3, 0.4) is 0 Å². The van der Waals surface area contributed by atoms with E-state index in [-0.39, 0.29) is 11.1 Å². The summed E-state index contributed by atoms with van der Waals surface area (Å²) in [5, 5.41) is 3.56. The van der Waals surface area contributed by atoms with Crippen molar-refractivity contribution in [1.29, 1.82) is 0 Å². The van der Waals surface area contributed by atoms with Gasteiger partial charge in [-0.15, -0.1) is 0 Å². The molecule has 0 amide bonds. The van der Waals surface area contributed by atoms with E-state index in [1.807, 2.05) is 0 Å². The van der Waals surface area contributed by atoms with Crippen molar-refractivity contribution in [2.75, 3.05) is 6.54 Å². The first-order valence-electron chi connectivity index (χ1n) is 7.08. The van der Waals surface area contributed by atoms with Crippen LogP contribution in [0, 0.1) is 3.57 Å². The minimum absolute atomic E-state index is 0.0721. The van der Waals surface area contributed by atoms with E-state index in [2.05, 4.69) is 72.9 Å². The molecule has 0 aromatic heterocycles. The van der Waals surface area contributed by atoms with Gasteiger partial charge in [-0.1, -0.05) is 6.07 Å². The van der Waals surface area contributed by atoms with Crippen LogP contribution in [0.4, 0.5) is 0 Å². The van der Waals surface area contributed by atoms with Crippen molar-refractivity contribution in [1.82, 2.24) is 5.32 Å². The lowest BCUT2D eigenvalue weighted by Crippen LogP contribution is -2.47. The highest BCUT2D eigenvalue weighted by atomic mass is 127. The van der Waals surface area contributed by atoms with Crippen LogP contribution in [-0.2, 0) is 0 Å². The van der Waals surface area contributed by atoms with Gasteiger partial charge >= 0.3 is 0 Å². The lowest BCUT2D eigenvalue weighted by Gasteiger charge is -2.42. The second-order valence-electron chi connectivity index (χ2n) is 6.52. The summed E-state index contributed by atoms with van der Waals surface area (Å²) < 4.78 is 7.52. The van der Waals surface area contributed by atoms with Crippen LogP contribution < -0.4 is 10.1 Å². The minimum Gasteiger partial charge on any atom is -0.487 e. The third-order valence-electron chi connectivity index (χ3n) is 3.63. The lowest BCUT2D eigenvalue weighted by molar-refractivity contribution is -0.0153. The Labute approximate surface area is 130 Å². The Hall–Kier alpha value is -0.290. The Morgan fingerprint density at radius 2 is 2.05 bits per heavy atom. The van der Waals surface area contributed by atoms with Gasteiger partial charge in [-0.05, 0) is 93.8 Å². The first-order valence-corrected chi connectivity index (χ1v) is 8.16. The predicted octanol–water partition coefficient (Wildman–Crippen LogP) is 4.37. The van der Waals surface area contributed by atoms with Crippen LogP contribution in [0.2, 0.25) is 0 Å². The molecular formula is C16H24INO. The molecule has 1 saturated carbocycles. The maximum absolute atomic E-state index is 6.29. The van der Waals surface area contributed by atoms with Crippen molar-refractivity contribution in [3.8, 4) is 5.75 Å². The molecule has 106 valence electrons. The highest BCUT2D eigenvalue weighted by Crippen LogP contribution is 2.39. The zero-order chi connectivity index (χ0) is 13.9. The highest BCUT2D eigenvalue weighted by molar-refractivity contribution is 14.1. The molecule has 0 bridgehead atoms. The maximum atomic E-state index is 6.29. The van der Waals surface area contributed by atoms with Crippen LogP contribution in [0.15, 0.2) is 24.3 Å². The fourth-order valence-electron chi connectivity index (χ4n) is 2.42. The van der Waals surface area contributed by atoms with Gasteiger partial charge in [-0.25, -0.2) is 0 Å². The van der Waals surface area contributed by atoms with Crippen molar-refractivity contribution in [3.63, 3.8) is 0 Å². The van der Waals surface area contributed by atoms with Gasteiger partial charge in [0.2, 0.25) is 0 Å². The summed E-state index contributed by atoms with van der Waals surface area (Å²) in [6.45, 7) is 7.65. The summed E-state index contributed by atoms with van der Waals surface area (Å²) >= 11 is 2.33. The lowest BCUT2D eigenvalue weighted by atomic mass is 9.77. The number of ether oxygens (including phenoxy) is 1. The zero-order valence-corrected chi connectivity index (χ0v) is 14.3. The second-order valence-corrected chi connectivity index (χ2v) is 7.77. The normalized spacial score (nSPS) is 17.9. The molecule has 0 aliphatic heterocycles.